The Labute approximate surface area is 166 Å². The van der Waals surface area contributed by atoms with Crippen LogP contribution in [-0.4, -0.2) is 43.0 Å². The molecule has 0 unspecified atom stereocenters. The second kappa shape index (κ2) is 10.0. The molecule has 1 aliphatic rings. The van der Waals surface area contributed by atoms with Crippen LogP contribution >= 0.6 is 0 Å². The van der Waals surface area contributed by atoms with Gasteiger partial charge >= 0.3 is 0 Å². The van der Waals surface area contributed by atoms with Gasteiger partial charge in [0.2, 0.25) is 5.91 Å². The molecule has 148 valence electrons. The van der Waals surface area contributed by atoms with Gasteiger partial charge in [0.1, 0.15) is 0 Å². The zero-order chi connectivity index (χ0) is 19.8. The van der Waals surface area contributed by atoms with Crippen LogP contribution < -0.4 is 5.73 Å². The summed E-state index contributed by atoms with van der Waals surface area (Å²) in [4.78, 5) is 25.1. The van der Waals surface area contributed by atoms with Crippen LogP contribution in [-0.2, 0) is 16.0 Å². The van der Waals surface area contributed by atoms with E-state index < -0.39 is 0 Å². The first-order valence-electron chi connectivity index (χ1n) is 9.98. The summed E-state index contributed by atoms with van der Waals surface area (Å²) in [6.45, 7) is 2.54. The molecule has 0 saturated carbocycles. The minimum atomic E-state index is -0.220. The summed E-state index contributed by atoms with van der Waals surface area (Å²) in [6, 6.07) is 16.4. The van der Waals surface area contributed by atoms with E-state index in [0.29, 0.717) is 32.7 Å². The van der Waals surface area contributed by atoms with E-state index in [1.807, 2.05) is 29.2 Å². The lowest BCUT2D eigenvalue weighted by Gasteiger charge is -2.26. The fourth-order valence-electron chi connectivity index (χ4n) is 3.42. The van der Waals surface area contributed by atoms with Gasteiger partial charge in [-0.25, -0.2) is 0 Å². The maximum absolute atomic E-state index is 12.5. The van der Waals surface area contributed by atoms with Gasteiger partial charge in [0, 0.05) is 25.1 Å². The van der Waals surface area contributed by atoms with E-state index in [9.17, 15) is 9.59 Å². The summed E-state index contributed by atoms with van der Waals surface area (Å²) < 4.78 is 5.31. The molecule has 0 spiro atoms. The average molecular weight is 380 g/mol. The van der Waals surface area contributed by atoms with Gasteiger partial charge in [-0.3, -0.25) is 9.59 Å². The Hall–Kier alpha value is -2.66. The lowest BCUT2D eigenvalue weighted by molar-refractivity contribution is -0.118. The molecule has 2 N–H and O–H groups in total. The number of carbonyl (C=O) groups is 2. The van der Waals surface area contributed by atoms with E-state index in [1.54, 1.807) is 0 Å². The lowest BCUT2D eigenvalue weighted by Crippen LogP contribution is -2.40. The molecule has 0 radical (unpaired) electrons. The first kappa shape index (κ1) is 20.1. The summed E-state index contributed by atoms with van der Waals surface area (Å²) in [7, 11) is 0. The zero-order valence-electron chi connectivity index (χ0n) is 16.2. The molecule has 2 aromatic rings. The second-order valence-corrected chi connectivity index (χ2v) is 7.21. The maximum atomic E-state index is 12.5. The first-order chi connectivity index (χ1) is 13.6. The molecule has 28 heavy (non-hydrogen) atoms. The Morgan fingerprint density at radius 2 is 1.46 bits per heavy atom. The topological polar surface area (TPSA) is 72.6 Å². The highest BCUT2D eigenvalue weighted by Crippen LogP contribution is 2.22. The predicted molar refractivity (Wildman–Crippen MR) is 110 cm³/mol. The van der Waals surface area contributed by atoms with E-state index in [4.69, 9.17) is 10.5 Å². The van der Waals surface area contributed by atoms with Crippen LogP contribution in [0.25, 0.3) is 11.1 Å². The van der Waals surface area contributed by atoms with Crippen LogP contribution in [0, 0.1) is 0 Å². The molecule has 2 amide bonds. The molecule has 1 aliphatic heterocycles. The zero-order valence-corrected chi connectivity index (χ0v) is 16.2. The van der Waals surface area contributed by atoms with E-state index in [-0.39, 0.29) is 11.8 Å². The van der Waals surface area contributed by atoms with Crippen LogP contribution in [0.1, 0.15) is 41.6 Å². The number of rotatable bonds is 8. The van der Waals surface area contributed by atoms with Crippen LogP contribution in [0.3, 0.4) is 0 Å². The van der Waals surface area contributed by atoms with Crippen molar-refractivity contribution in [3.05, 3.63) is 59.7 Å². The number of hydrogen-bond donors (Lipinski definition) is 1. The molecule has 3 rings (SSSR count). The number of morpholine rings is 1. The van der Waals surface area contributed by atoms with Crippen molar-refractivity contribution in [1.29, 1.82) is 0 Å². The van der Waals surface area contributed by atoms with Gasteiger partial charge in [-0.1, -0.05) is 42.8 Å². The second-order valence-electron chi connectivity index (χ2n) is 7.21. The molecule has 1 heterocycles. The SMILES string of the molecule is NC(=O)CCCCCc1ccc(-c2ccc(C(=O)N3CCOCC3)cc2)cc1. The highest BCUT2D eigenvalue weighted by molar-refractivity contribution is 5.94. The van der Waals surface area contributed by atoms with E-state index >= 15 is 0 Å². The third-order valence-electron chi connectivity index (χ3n) is 5.11. The van der Waals surface area contributed by atoms with E-state index in [1.165, 1.54) is 5.56 Å². The summed E-state index contributed by atoms with van der Waals surface area (Å²) >= 11 is 0. The van der Waals surface area contributed by atoms with E-state index in [2.05, 4.69) is 24.3 Å². The number of primary amides is 1. The molecule has 2 aromatic carbocycles. The van der Waals surface area contributed by atoms with Crippen LogP contribution in [0.5, 0.6) is 0 Å². The first-order valence-corrected chi connectivity index (χ1v) is 9.98. The Morgan fingerprint density at radius 1 is 0.857 bits per heavy atom. The molecular formula is C23H28N2O3. The molecule has 0 atom stereocenters. The molecular weight excluding hydrogens is 352 g/mol. The Balaban J connectivity index is 1.53. The number of nitrogens with zero attached hydrogens (tertiary/aromatic N) is 1. The standard InChI is InChI=1S/C23H28N2O3/c24-22(26)5-3-1-2-4-18-6-8-19(9-7-18)20-10-12-21(13-11-20)23(27)25-14-16-28-17-15-25/h6-13H,1-5,14-17H2,(H2,24,26). The Kier molecular flexibility index (Phi) is 7.20. The van der Waals surface area contributed by atoms with Crippen molar-refractivity contribution in [3.8, 4) is 11.1 Å². The molecule has 1 saturated heterocycles. The normalized spacial score (nSPS) is 14.1. The molecule has 5 nitrogen and oxygen atoms in total. The minimum absolute atomic E-state index is 0.0709. The minimum Gasteiger partial charge on any atom is -0.378 e. The van der Waals surface area contributed by atoms with Crippen molar-refractivity contribution in [2.75, 3.05) is 26.3 Å². The quantitative estimate of drug-likeness (QED) is 0.713. The third kappa shape index (κ3) is 5.67. The van der Waals surface area contributed by atoms with Crippen molar-refractivity contribution in [2.45, 2.75) is 32.1 Å². The van der Waals surface area contributed by atoms with Crippen molar-refractivity contribution < 1.29 is 14.3 Å². The summed E-state index contributed by atoms with van der Waals surface area (Å²) in [5.74, 6) is -0.149. The number of unbranched alkanes of at least 4 members (excludes halogenated alkanes) is 2. The van der Waals surface area contributed by atoms with Crippen molar-refractivity contribution in [3.63, 3.8) is 0 Å². The van der Waals surface area contributed by atoms with Crippen LogP contribution in [0.2, 0.25) is 0 Å². The number of nitrogens with two attached hydrogens (primary N) is 1. The summed E-state index contributed by atoms with van der Waals surface area (Å²) in [6.07, 6.45) is 4.42. The van der Waals surface area contributed by atoms with Gasteiger partial charge in [-0.2, -0.15) is 0 Å². The largest absolute Gasteiger partial charge is 0.378 e. The van der Waals surface area contributed by atoms with Crippen molar-refractivity contribution >= 4 is 11.8 Å². The van der Waals surface area contributed by atoms with Crippen molar-refractivity contribution in [1.82, 2.24) is 4.90 Å². The predicted octanol–water partition coefficient (Wildman–Crippen LogP) is 3.41. The molecule has 5 heteroatoms. The average Bonchev–Trinajstić information content (AvgIpc) is 2.74. The summed E-state index contributed by atoms with van der Waals surface area (Å²) in [5, 5.41) is 0. The number of carbonyl (C=O) groups excluding carboxylic acids is 2. The van der Waals surface area contributed by atoms with Crippen molar-refractivity contribution in [2.24, 2.45) is 5.73 Å². The smallest absolute Gasteiger partial charge is 0.254 e. The number of hydrogen-bond acceptors (Lipinski definition) is 3. The van der Waals surface area contributed by atoms with E-state index in [0.717, 1.165) is 42.4 Å². The Bertz CT molecular complexity index is 778. The van der Waals surface area contributed by atoms with Crippen LogP contribution in [0.15, 0.2) is 48.5 Å². The van der Waals surface area contributed by atoms with Crippen LogP contribution in [0.4, 0.5) is 0 Å². The molecule has 0 bridgehead atoms. The fourth-order valence-corrected chi connectivity index (χ4v) is 3.42. The third-order valence-corrected chi connectivity index (χ3v) is 5.11. The molecule has 1 fully saturated rings. The maximum Gasteiger partial charge on any atom is 0.254 e. The van der Waals surface area contributed by atoms with Gasteiger partial charge in [-0.05, 0) is 48.1 Å². The molecule has 0 aromatic heterocycles. The number of aryl methyl sites for hydroxylation is 1. The Morgan fingerprint density at radius 3 is 2.07 bits per heavy atom. The number of amides is 2. The number of benzene rings is 2. The molecule has 0 aliphatic carbocycles. The fraction of sp³-hybridized carbons (Fsp3) is 0.391. The lowest BCUT2D eigenvalue weighted by atomic mass is 10.00. The highest BCUT2D eigenvalue weighted by atomic mass is 16.5. The highest BCUT2D eigenvalue weighted by Gasteiger charge is 2.18. The van der Waals surface area contributed by atoms with Gasteiger partial charge < -0.3 is 15.4 Å². The van der Waals surface area contributed by atoms with Gasteiger partial charge in [0.15, 0.2) is 0 Å². The van der Waals surface area contributed by atoms with Gasteiger partial charge in [0.25, 0.3) is 5.91 Å². The monoisotopic (exact) mass is 380 g/mol. The summed E-state index contributed by atoms with van der Waals surface area (Å²) in [5.41, 5.74) is 9.42. The van der Waals surface area contributed by atoms with Gasteiger partial charge in [-0.15, -0.1) is 0 Å². The number of ether oxygens (including phenoxy) is 1. The van der Waals surface area contributed by atoms with Gasteiger partial charge in [0.05, 0.1) is 13.2 Å².